The van der Waals surface area contributed by atoms with Crippen molar-refractivity contribution >= 4 is 21.7 Å². The normalized spacial score (nSPS) is 13.1. The predicted octanol–water partition coefficient (Wildman–Crippen LogP) is 10.1. The zero-order chi connectivity index (χ0) is 34.5. The Bertz CT molecular complexity index is 1270. The molecule has 0 unspecified atom stereocenters. The van der Waals surface area contributed by atoms with E-state index in [4.69, 9.17) is 9.57 Å². The number of hydrogen-bond donors (Lipinski definition) is 1. The van der Waals surface area contributed by atoms with E-state index in [1.54, 1.807) is 0 Å². The second-order valence-corrected chi connectivity index (χ2v) is 16.4. The van der Waals surface area contributed by atoms with Gasteiger partial charge in [-0.25, -0.2) is 13.1 Å². The first-order chi connectivity index (χ1) is 20.8. The molecule has 0 aromatic heterocycles. The number of benzene rings is 2. The zero-order valence-corrected chi connectivity index (χ0v) is 30.9. The zero-order valence-electron chi connectivity index (χ0n) is 30.1. The highest BCUT2D eigenvalue weighted by molar-refractivity contribution is 7.90. The summed E-state index contributed by atoms with van der Waals surface area (Å²) in [5.74, 6) is 1.13. The van der Waals surface area contributed by atoms with E-state index in [-0.39, 0.29) is 44.1 Å². The molecule has 0 saturated heterocycles. The lowest BCUT2D eigenvalue weighted by Crippen LogP contribution is -2.32. The average Bonchev–Trinajstić information content (AvgIpc) is 3.75. The lowest BCUT2D eigenvalue weighted by molar-refractivity contribution is -0.148. The summed E-state index contributed by atoms with van der Waals surface area (Å²) in [5.41, 5.74) is 6.21. The maximum atomic E-state index is 11.1. The summed E-state index contributed by atoms with van der Waals surface area (Å²) in [5, 5.41) is 4.23. The van der Waals surface area contributed by atoms with Crippen LogP contribution in [0.25, 0.3) is 11.1 Å². The number of carbonyl (C=O) groups excluding carboxylic acids is 1. The minimum absolute atomic E-state index is 0. The Labute approximate surface area is 289 Å². The first kappa shape index (κ1) is 46.4. The fraction of sp³-hybridized carbons (Fsp3) is 0.641. The Morgan fingerprint density at radius 3 is 1.51 bits per heavy atom. The summed E-state index contributed by atoms with van der Waals surface area (Å²) < 4.78 is 29.7. The fourth-order valence-corrected chi connectivity index (χ4v) is 5.08. The molecule has 0 amide bonds. The molecule has 4 rings (SSSR count). The Kier molecular flexibility index (Phi) is 21.0. The monoisotopic (exact) mass is 676 g/mol. The largest absolute Gasteiger partial charge is 0.465 e. The number of carbonyl (C=O) groups is 1. The SMILES string of the molecule is C.C.CC(C)C(C)(C)C.CC(C)COC(=O)C(C)C.CC(C)NS(=O)(=O)C1CC1.CC(C)ON=C1c2ccccc2-c2ccccc21. The first-order valence-electron chi connectivity index (χ1n) is 16.4. The molecule has 2 aromatic rings. The molecule has 0 heterocycles. The Morgan fingerprint density at radius 2 is 1.21 bits per heavy atom. The smallest absolute Gasteiger partial charge is 0.308 e. The van der Waals surface area contributed by atoms with E-state index < -0.39 is 10.0 Å². The molecule has 0 spiro atoms. The minimum atomic E-state index is -2.94. The van der Waals surface area contributed by atoms with Gasteiger partial charge in [0.15, 0.2) is 0 Å². The number of hydrogen-bond acceptors (Lipinski definition) is 6. The van der Waals surface area contributed by atoms with Crippen LogP contribution < -0.4 is 4.72 Å². The third-order valence-electron chi connectivity index (χ3n) is 7.13. The average molecular weight is 677 g/mol. The van der Waals surface area contributed by atoms with Gasteiger partial charge in [0.25, 0.3) is 0 Å². The van der Waals surface area contributed by atoms with Crippen LogP contribution in [-0.4, -0.2) is 44.1 Å². The number of fused-ring (bicyclic) bond motifs is 3. The van der Waals surface area contributed by atoms with E-state index in [9.17, 15) is 13.2 Å². The van der Waals surface area contributed by atoms with Crippen LogP contribution in [0.5, 0.6) is 0 Å². The number of oxime groups is 1. The van der Waals surface area contributed by atoms with Gasteiger partial charge >= 0.3 is 5.97 Å². The van der Waals surface area contributed by atoms with Gasteiger partial charge in [0.05, 0.1) is 17.8 Å². The van der Waals surface area contributed by atoms with Crippen molar-refractivity contribution in [3.63, 3.8) is 0 Å². The number of rotatable bonds is 8. The molecular weight excluding hydrogens is 609 g/mol. The van der Waals surface area contributed by atoms with Gasteiger partial charge < -0.3 is 9.57 Å². The van der Waals surface area contributed by atoms with Crippen LogP contribution >= 0.6 is 0 Å². The molecule has 0 atom stereocenters. The molecule has 2 aliphatic carbocycles. The quantitative estimate of drug-likeness (QED) is 0.189. The molecule has 0 aliphatic heterocycles. The van der Waals surface area contributed by atoms with Gasteiger partial charge in [0.2, 0.25) is 10.0 Å². The molecule has 2 aliphatic rings. The van der Waals surface area contributed by atoms with Crippen LogP contribution in [0, 0.1) is 23.2 Å². The van der Waals surface area contributed by atoms with Crippen LogP contribution in [0.15, 0.2) is 53.7 Å². The van der Waals surface area contributed by atoms with Gasteiger partial charge in [0, 0.05) is 17.2 Å². The predicted molar refractivity (Wildman–Crippen MR) is 202 cm³/mol. The molecule has 0 radical (unpaired) electrons. The highest BCUT2D eigenvalue weighted by Gasteiger charge is 2.35. The Morgan fingerprint density at radius 1 is 0.809 bits per heavy atom. The standard InChI is InChI=1S/C16H15NO.C8H16O2.C7H16.C6H13NO2S.2CH4/c1-11(2)18-17-16-14-9-5-3-7-12(14)13-8-4-6-10-15(13)16;1-6(2)5-10-8(9)7(3)4;1-6(2)7(3,4)5;1-5(2)7-10(8,9)6-3-4-6;;/h3-11H,1-2H3;6-7H,5H2,1-4H3;6H,1-5H3;5-7H,3-4H2,1-2H3;2*1H4. The summed E-state index contributed by atoms with van der Waals surface area (Å²) in [4.78, 5) is 16.3. The van der Waals surface area contributed by atoms with Crippen molar-refractivity contribution in [3.05, 3.63) is 59.7 Å². The molecule has 2 aromatic carbocycles. The van der Waals surface area contributed by atoms with Gasteiger partial charge in [-0.1, -0.05) is 131 Å². The Balaban J connectivity index is 0. The number of sulfonamides is 1. The van der Waals surface area contributed by atoms with E-state index >= 15 is 0 Å². The molecule has 270 valence electrons. The lowest BCUT2D eigenvalue weighted by atomic mass is 9.84. The highest BCUT2D eigenvalue weighted by Crippen LogP contribution is 2.36. The van der Waals surface area contributed by atoms with Crippen LogP contribution in [0.2, 0.25) is 0 Å². The van der Waals surface area contributed by atoms with E-state index in [1.807, 2.05) is 67.5 Å². The highest BCUT2D eigenvalue weighted by atomic mass is 32.2. The van der Waals surface area contributed by atoms with Crippen molar-refractivity contribution in [1.29, 1.82) is 0 Å². The van der Waals surface area contributed by atoms with Crippen LogP contribution in [0.4, 0.5) is 0 Å². The molecule has 8 heteroatoms. The first-order valence-corrected chi connectivity index (χ1v) is 17.9. The van der Waals surface area contributed by atoms with Crippen LogP contribution in [0.3, 0.4) is 0 Å². The van der Waals surface area contributed by atoms with Crippen molar-refractivity contribution < 1.29 is 22.8 Å². The molecule has 1 saturated carbocycles. The van der Waals surface area contributed by atoms with E-state index in [1.165, 1.54) is 11.1 Å². The van der Waals surface area contributed by atoms with Gasteiger partial charge in [-0.2, -0.15) is 0 Å². The third-order valence-corrected chi connectivity index (χ3v) is 9.28. The van der Waals surface area contributed by atoms with E-state index in [2.05, 4.69) is 80.9 Å². The summed E-state index contributed by atoms with van der Waals surface area (Å²) in [7, 11) is -2.94. The third kappa shape index (κ3) is 17.3. The van der Waals surface area contributed by atoms with Gasteiger partial charge in [-0.05, 0) is 68.9 Å². The lowest BCUT2D eigenvalue weighted by Gasteiger charge is -2.22. The number of nitrogens with one attached hydrogen (secondary N) is 1. The number of ether oxygens (including phenoxy) is 1. The van der Waals surface area contributed by atoms with Crippen molar-refractivity contribution in [3.8, 4) is 11.1 Å². The maximum absolute atomic E-state index is 11.1. The molecule has 7 nitrogen and oxygen atoms in total. The summed E-state index contributed by atoms with van der Waals surface area (Å²) in [6, 6.07) is 16.7. The van der Waals surface area contributed by atoms with Crippen LogP contribution in [-0.2, 0) is 24.4 Å². The number of nitrogens with zero attached hydrogens (tertiary/aromatic N) is 1. The molecule has 47 heavy (non-hydrogen) atoms. The van der Waals surface area contributed by atoms with Gasteiger partial charge in [-0.3, -0.25) is 4.79 Å². The molecule has 0 bridgehead atoms. The second kappa shape index (κ2) is 21.3. The molecule has 1 fully saturated rings. The molecular formula is C39H68N2O5S. The maximum Gasteiger partial charge on any atom is 0.308 e. The Hall–Kier alpha value is -2.71. The van der Waals surface area contributed by atoms with E-state index in [0.717, 1.165) is 35.6 Å². The summed E-state index contributed by atoms with van der Waals surface area (Å²) in [6.07, 6.45) is 1.77. The van der Waals surface area contributed by atoms with Crippen molar-refractivity contribution in [2.75, 3.05) is 6.61 Å². The van der Waals surface area contributed by atoms with Gasteiger partial charge in [0.1, 0.15) is 11.8 Å². The fourth-order valence-electron chi connectivity index (χ4n) is 3.47. The summed E-state index contributed by atoms with van der Waals surface area (Å²) >= 11 is 0. The van der Waals surface area contributed by atoms with Gasteiger partial charge in [-0.15, -0.1) is 0 Å². The summed E-state index contributed by atoms with van der Waals surface area (Å²) in [6.45, 7) is 27.2. The van der Waals surface area contributed by atoms with Crippen molar-refractivity contribution in [2.45, 2.75) is 135 Å². The van der Waals surface area contributed by atoms with Crippen molar-refractivity contribution in [1.82, 2.24) is 4.72 Å². The second-order valence-electron chi connectivity index (χ2n) is 14.4. The van der Waals surface area contributed by atoms with E-state index in [0.29, 0.717) is 17.9 Å². The topological polar surface area (TPSA) is 94.1 Å². The van der Waals surface area contributed by atoms with Crippen LogP contribution in [0.1, 0.15) is 129 Å². The minimum Gasteiger partial charge on any atom is -0.465 e. The number of esters is 1. The van der Waals surface area contributed by atoms with Crippen molar-refractivity contribution in [2.24, 2.45) is 28.3 Å². The molecule has 1 N–H and O–H groups in total.